The fourth-order valence-electron chi connectivity index (χ4n) is 1.18. The Labute approximate surface area is 109 Å². The third kappa shape index (κ3) is 3.25. The van der Waals surface area contributed by atoms with E-state index in [1.165, 1.54) is 11.9 Å². The van der Waals surface area contributed by atoms with Crippen LogP contribution in [0, 0.1) is 6.92 Å². The van der Waals surface area contributed by atoms with Crippen LogP contribution in [0.15, 0.2) is 17.1 Å². The fourth-order valence-corrected chi connectivity index (χ4v) is 1.68. The molecule has 0 aliphatic heterocycles. The van der Waals surface area contributed by atoms with E-state index in [9.17, 15) is 4.79 Å². The summed E-state index contributed by atoms with van der Waals surface area (Å²) in [7, 11) is 1.50. The van der Waals surface area contributed by atoms with Crippen LogP contribution in [0.3, 0.4) is 0 Å². The van der Waals surface area contributed by atoms with Gasteiger partial charge in [0.15, 0.2) is 5.96 Å². The first-order chi connectivity index (χ1) is 7.82. The van der Waals surface area contributed by atoms with Gasteiger partial charge in [0.2, 0.25) is 0 Å². The van der Waals surface area contributed by atoms with Crippen LogP contribution in [0.4, 0.5) is 10.5 Å². The Bertz CT molecular complexity index is 483. The van der Waals surface area contributed by atoms with Crippen LogP contribution in [-0.2, 0) is 0 Å². The van der Waals surface area contributed by atoms with Gasteiger partial charge in [-0.1, -0.05) is 23.2 Å². The summed E-state index contributed by atoms with van der Waals surface area (Å²) in [4.78, 5) is 16.2. The highest BCUT2D eigenvalue weighted by atomic mass is 35.5. The van der Waals surface area contributed by atoms with Gasteiger partial charge in [0.05, 0.1) is 10.7 Å². The number of guanidine groups is 1. The van der Waals surface area contributed by atoms with Gasteiger partial charge in [-0.15, -0.1) is 0 Å². The summed E-state index contributed by atoms with van der Waals surface area (Å²) < 4.78 is 0. The van der Waals surface area contributed by atoms with Crippen LogP contribution in [0.2, 0.25) is 10.0 Å². The number of hydrogen-bond acceptors (Lipinski definition) is 1. The lowest BCUT2D eigenvalue weighted by Gasteiger charge is -2.17. The molecule has 0 aliphatic carbocycles. The van der Waals surface area contributed by atoms with Gasteiger partial charge in [-0.2, -0.15) is 4.99 Å². The normalized spacial score (nSPS) is 9.88. The largest absolute Gasteiger partial charge is 0.370 e. The lowest BCUT2D eigenvalue weighted by atomic mass is 10.2. The van der Waals surface area contributed by atoms with Crippen LogP contribution < -0.4 is 16.4 Å². The van der Waals surface area contributed by atoms with Gasteiger partial charge in [0, 0.05) is 12.1 Å². The van der Waals surface area contributed by atoms with E-state index in [-0.39, 0.29) is 5.96 Å². The highest BCUT2D eigenvalue weighted by molar-refractivity contribution is 6.36. The summed E-state index contributed by atoms with van der Waals surface area (Å²) in [6.07, 6.45) is 0. The predicted octanol–water partition coefficient (Wildman–Crippen LogP) is 2.13. The zero-order chi connectivity index (χ0) is 13.2. The SMILES string of the molecule is Cc1cc(Cl)c(N(C)C(=O)N=C(N)N)cc1Cl. The van der Waals surface area contributed by atoms with Gasteiger partial charge in [-0.25, -0.2) is 4.79 Å². The van der Waals surface area contributed by atoms with Crippen LogP contribution >= 0.6 is 23.2 Å². The van der Waals surface area contributed by atoms with Gasteiger partial charge < -0.3 is 11.5 Å². The van der Waals surface area contributed by atoms with Crippen molar-refractivity contribution < 1.29 is 4.79 Å². The molecular formula is C10H12Cl2N4O. The minimum Gasteiger partial charge on any atom is -0.370 e. The molecule has 4 N–H and O–H groups in total. The number of hydrogen-bond donors (Lipinski definition) is 2. The van der Waals surface area contributed by atoms with E-state index >= 15 is 0 Å². The molecule has 0 saturated carbocycles. The number of halogens is 2. The molecule has 1 aromatic carbocycles. The number of carbonyl (C=O) groups excluding carboxylic acids is 1. The van der Waals surface area contributed by atoms with Crippen molar-refractivity contribution in [2.45, 2.75) is 6.92 Å². The summed E-state index contributed by atoms with van der Waals surface area (Å²) in [6.45, 7) is 1.82. The Morgan fingerprint density at radius 1 is 1.29 bits per heavy atom. The number of amides is 2. The number of aryl methyl sites for hydroxylation is 1. The van der Waals surface area contributed by atoms with E-state index < -0.39 is 6.03 Å². The van der Waals surface area contributed by atoms with Crippen molar-refractivity contribution in [1.29, 1.82) is 0 Å². The molecule has 0 aliphatic rings. The number of anilines is 1. The summed E-state index contributed by atoms with van der Waals surface area (Å²) in [5.74, 6) is -0.309. The lowest BCUT2D eigenvalue weighted by Crippen LogP contribution is -2.30. The Kier molecular flexibility index (Phi) is 4.20. The molecular weight excluding hydrogens is 263 g/mol. The zero-order valence-corrected chi connectivity index (χ0v) is 10.9. The molecule has 0 saturated heterocycles. The molecule has 0 spiro atoms. The van der Waals surface area contributed by atoms with Gasteiger partial charge in [-0.05, 0) is 24.6 Å². The van der Waals surface area contributed by atoms with Crippen molar-refractivity contribution in [2.75, 3.05) is 11.9 Å². The fraction of sp³-hybridized carbons (Fsp3) is 0.200. The standard InChI is InChI=1S/C10H12Cl2N4O/c1-5-3-7(12)8(4-6(5)11)16(2)10(17)15-9(13)14/h3-4H,1-2H3,(H4,13,14,15,17). The van der Waals surface area contributed by atoms with Gasteiger partial charge in [0.1, 0.15) is 0 Å². The molecule has 0 radical (unpaired) electrons. The van der Waals surface area contributed by atoms with Crippen molar-refractivity contribution in [3.63, 3.8) is 0 Å². The Morgan fingerprint density at radius 2 is 1.88 bits per heavy atom. The van der Waals surface area contributed by atoms with Gasteiger partial charge in [-0.3, -0.25) is 4.90 Å². The van der Waals surface area contributed by atoms with Gasteiger partial charge in [0.25, 0.3) is 0 Å². The van der Waals surface area contributed by atoms with Gasteiger partial charge >= 0.3 is 6.03 Å². The quantitative estimate of drug-likeness (QED) is 0.608. The van der Waals surface area contributed by atoms with Crippen LogP contribution in [-0.4, -0.2) is 19.0 Å². The molecule has 0 aromatic heterocycles. The van der Waals surface area contributed by atoms with Crippen LogP contribution in [0.1, 0.15) is 5.56 Å². The van der Waals surface area contributed by atoms with Crippen LogP contribution in [0.5, 0.6) is 0 Å². The maximum absolute atomic E-state index is 11.6. The molecule has 0 heterocycles. The molecule has 7 heteroatoms. The molecule has 0 unspecified atom stereocenters. The molecule has 0 fully saturated rings. The van der Waals surface area contributed by atoms with E-state index in [0.717, 1.165) is 5.56 Å². The number of rotatable bonds is 1. The molecule has 5 nitrogen and oxygen atoms in total. The number of benzene rings is 1. The number of carbonyl (C=O) groups is 1. The average molecular weight is 275 g/mol. The molecule has 2 amide bonds. The van der Waals surface area contributed by atoms with Crippen LogP contribution in [0.25, 0.3) is 0 Å². The smallest absolute Gasteiger partial charge is 0.351 e. The highest BCUT2D eigenvalue weighted by Gasteiger charge is 2.15. The first-order valence-corrected chi connectivity index (χ1v) is 5.41. The van der Waals surface area contributed by atoms with E-state index in [2.05, 4.69) is 4.99 Å². The summed E-state index contributed by atoms with van der Waals surface area (Å²) in [5, 5.41) is 0.905. The summed E-state index contributed by atoms with van der Waals surface area (Å²) in [5.41, 5.74) is 11.5. The highest BCUT2D eigenvalue weighted by Crippen LogP contribution is 2.31. The second-order valence-corrected chi connectivity index (χ2v) is 4.25. The molecule has 17 heavy (non-hydrogen) atoms. The topological polar surface area (TPSA) is 84.7 Å². The van der Waals surface area contributed by atoms with E-state index in [1.54, 1.807) is 12.1 Å². The summed E-state index contributed by atoms with van der Waals surface area (Å²) in [6, 6.07) is 2.63. The Balaban J connectivity index is 3.13. The number of nitrogens with zero attached hydrogens (tertiary/aromatic N) is 2. The first kappa shape index (κ1) is 13.6. The third-order valence-corrected chi connectivity index (χ3v) is 2.81. The molecule has 0 atom stereocenters. The molecule has 0 bridgehead atoms. The first-order valence-electron chi connectivity index (χ1n) is 4.66. The molecule has 1 aromatic rings. The maximum Gasteiger partial charge on any atom is 0.351 e. The summed E-state index contributed by atoms with van der Waals surface area (Å²) >= 11 is 12.0. The predicted molar refractivity (Wildman–Crippen MR) is 70.8 cm³/mol. The Morgan fingerprint density at radius 3 is 2.41 bits per heavy atom. The minimum atomic E-state index is -0.619. The monoisotopic (exact) mass is 274 g/mol. The van der Waals surface area contributed by atoms with Crippen molar-refractivity contribution in [2.24, 2.45) is 16.5 Å². The zero-order valence-electron chi connectivity index (χ0n) is 9.37. The third-order valence-electron chi connectivity index (χ3n) is 2.10. The van der Waals surface area contributed by atoms with Crippen molar-refractivity contribution in [3.8, 4) is 0 Å². The van der Waals surface area contributed by atoms with E-state index in [0.29, 0.717) is 15.7 Å². The minimum absolute atomic E-state index is 0.309. The van der Waals surface area contributed by atoms with Crippen molar-refractivity contribution in [3.05, 3.63) is 27.7 Å². The second-order valence-electron chi connectivity index (χ2n) is 3.43. The maximum atomic E-state index is 11.6. The van der Waals surface area contributed by atoms with E-state index in [4.69, 9.17) is 34.7 Å². The molecule has 1 rings (SSSR count). The lowest BCUT2D eigenvalue weighted by molar-refractivity contribution is 0.255. The Hall–Kier alpha value is -1.46. The van der Waals surface area contributed by atoms with E-state index in [1.807, 2.05) is 6.92 Å². The number of nitrogens with two attached hydrogens (primary N) is 2. The molecule has 92 valence electrons. The average Bonchev–Trinajstić information content (AvgIpc) is 2.21. The van der Waals surface area contributed by atoms with Crippen molar-refractivity contribution >= 4 is 40.9 Å². The number of aliphatic imine (C=N–C) groups is 1. The van der Waals surface area contributed by atoms with Crippen molar-refractivity contribution in [1.82, 2.24) is 0 Å². The number of urea groups is 1. The second kappa shape index (κ2) is 5.25.